The van der Waals surface area contributed by atoms with Gasteiger partial charge >= 0.3 is 0 Å². The van der Waals surface area contributed by atoms with Gasteiger partial charge in [-0.2, -0.15) is 0 Å². The molecule has 0 spiro atoms. The molecule has 0 bridgehead atoms. The molecule has 0 aliphatic carbocycles. The lowest BCUT2D eigenvalue weighted by molar-refractivity contribution is 0.624. The van der Waals surface area contributed by atoms with Crippen LogP contribution in [0.25, 0.3) is 0 Å². The third kappa shape index (κ3) is 3.20. The summed E-state index contributed by atoms with van der Waals surface area (Å²) >= 11 is 3.58. The minimum absolute atomic E-state index is 0.161. The average Bonchev–Trinajstić information content (AvgIpc) is 2.39. The molecule has 18 heavy (non-hydrogen) atoms. The Bertz CT molecular complexity index is 508. The normalized spacial score (nSPS) is 12.4. The SMILES string of the molecule is Cc1cc(F)ccc1CC(CBr)c1ccccc1. The van der Waals surface area contributed by atoms with Gasteiger partial charge in [-0.1, -0.05) is 52.3 Å². The van der Waals surface area contributed by atoms with Crippen LogP contribution in [-0.2, 0) is 6.42 Å². The predicted octanol–water partition coefficient (Wildman–Crippen LogP) is 4.86. The van der Waals surface area contributed by atoms with Crippen LogP contribution < -0.4 is 0 Å². The van der Waals surface area contributed by atoms with E-state index in [9.17, 15) is 4.39 Å². The molecule has 0 aliphatic heterocycles. The fourth-order valence-electron chi connectivity index (χ4n) is 2.14. The van der Waals surface area contributed by atoms with Crippen molar-refractivity contribution in [1.82, 2.24) is 0 Å². The lowest BCUT2D eigenvalue weighted by Gasteiger charge is -2.16. The molecule has 0 saturated carbocycles. The van der Waals surface area contributed by atoms with Gasteiger partial charge in [0, 0.05) is 5.33 Å². The van der Waals surface area contributed by atoms with Gasteiger partial charge in [0.25, 0.3) is 0 Å². The van der Waals surface area contributed by atoms with E-state index in [-0.39, 0.29) is 5.82 Å². The minimum atomic E-state index is -0.161. The van der Waals surface area contributed by atoms with Gasteiger partial charge in [0.15, 0.2) is 0 Å². The first-order chi connectivity index (χ1) is 8.70. The zero-order valence-corrected chi connectivity index (χ0v) is 12.0. The molecular weight excluding hydrogens is 291 g/mol. The van der Waals surface area contributed by atoms with Gasteiger partial charge < -0.3 is 0 Å². The summed E-state index contributed by atoms with van der Waals surface area (Å²) in [6, 6.07) is 15.5. The smallest absolute Gasteiger partial charge is 0.123 e. The molecule has 94 valence electrons. The molecule has 0 radical (unpaired) electrons. The first-order valence-corrected chi connectivity index (χ1v) is 7.19. The van der Waals surface area contributed by atoms with E-state index in [1.165, 1.54) is 11.1 Å². The molecule has 0 N–H and O–H groups in total. The monoisotopic (exact) mass is 306 g/mol. The van der Waals surface area contributed by atoms with E-state index in [0.717, 1.165) is 17.3 Å². The minimum Gasteiger partial charge on any atom is -0.207 e. The fourth-order valence-corrected chi connectivity index (χ4v) is 2.74. The number of benzene rings is 2. The van der Waals surface area contributed by atoms with Crippen molar-refractivity contribution in [2.45, 2.75) is 19.3 Å². The summed E-state index contributed by atoms with van der Waals surface area (Å²) in [4.78, 5) is 0. The highest BCUT2D eigenvalue weighted by Crippen LogP contribution is 2.24. The highest BCUT2D eigenvalue weighted by molar-refractivity contribution is 9.09. The molecule has 1 unspecified atom stereocenters. The van der Waals surface area contributed by atoms with Crippen LogP contribution >= 0.6 is 15.9 Å². The van der Waals surface area contributed by atoms with Gasteiger partial charge in [0.05, 0.1) is 0 Å². The van der Waals surface area contributed by atoms with Crippen LogP contribution in [0.4, 0.5) is 4.39 Å². The van der Waals surface area contributed by atoms with Crippen molar-refractivity contribution < 1.29 is 4.39 Å². The van der Waals surface area contributed by atoms with Gasteiger partial charge in [-0.3, -0.25) is 0 Å². The average molecular weight is 307 g/mol. The molecule has 0 aromatic heterocycles. The highest BCUT2D eigenvalue weighted by Gasteiger charge is 2.12. The lowest BCUT2D eigenvalue weighted by atomic mass is 9.92. The lowest BCUT2D eigenvalue weighted by Crippen LogP contribution is -2.05. The van der Waals surface area contributed by atoms with Gasteiger partial charge in [0.1, 0.15) is 5.82 Å². The highest BCUT2D eigenvalue weighted by atomic mass is 79.9. The zero-order chi connectivity index (χ0) is 13.0. The Kier molecular flexibility index (Phi) is 4.54. The van der Waals surface area contributed by atoms with Crippen molar-refractivity contribution in [2.75, 3.05) is 5.33 Å². The number of hydrogen-bond donors (Lipinski definition) is 0. The number of halogens is 2. The van der Waals surface area contributed by atoms with Gasteiger partial charge in [-0.05, 0) is 48.1 Å². The third-order valence-corrected chi connectivity index (χ3v) is 4.01. The van der Waals surface area contributed by atoms with Crippen LogP contribution in [0.5, 0.6) is 0 Å². The Morgan fingerprint density at radius 3 is 2.44 bits per heavy atom. The molecule has 0 amide bonds. The third-order valence-electron chi connectivity index (χ3n) is 3.23. The van der Waals surface area contributed by atoms with Crippen LogP contribution in [0.2, 0.25) is 0 Å². The van der Waals surface area contributed by atoms with Crippen LogP contribution in [-0.4, -0.2) is 5.33 Å². The van der Waals surface area contributed by atoms with Crippen LogP contribution in [0.3, 0.4) is 0 Å². The Hall–Kier alpha value is -1.15. The van der Waals surface area contributed by atoms with Crippen molar-refractivity contribution in [2.24, 2.45) is 0 Å². The molecule has 0 nitrogen and oxygen atoms in total. The Labute approximate surface area is 116 Å². The van der Waals surface area contributed by atoms with Gasteiger partial charge in [-0.25, -0.2) is 4.39 Å². The zero-order valence-electron chi connectivity index (χ0n) is 10.4. The summed E-state index contributed by atoms with van der Waals surface area (Å²) in [5.41, 5.74) is 3.56. The topological polar surface area (TPSA) is 0 Å². The fraction of sp³-hybridized carbons (Fsp3) is 0.250. The van der Waals surface area contributed by atoms with Crippen molar-refractivity contribution in [3.63, 3.8) is 0 Å². The molecule has 0 heterocycles. The van der Waals surface area contributed by atoms with Crippen molar-refractivity contribution in [3.8, 4) is 0 Å². The molecule has 0 aliphatic rings. The summed E-state index contributed by atoms with van der Waals surface area (Å²) < 4.78 is 13.1. The van der Waals surface area contributed by atoms with Crippen LogP contribution in [0, 0.1) is 12.7 Å². The number of rotatable bonds is 4. The number of alkyl halides is 1. The number of hydrogen-bond acceptors (Lipinski definition) is 0. The maximum absolute atomic E-state index is 13.1. The largest absolute Gasteiger partial charge is 0.207 e. The first kappa shape index (κ1) is 13.3. The van der Waals surface area contributed by atoms with E-state index >= 15 is 0 Å². The predicted molar refractivity (Wildman–Crippen MR) is 77.8 cm³/mol. The summed E-state index contributed by atoms with van der Waals surface area (Å²) in [7, 11) is 0. The molecule has 0 fully saturated rings. The molecule has 2 heteroatoms. The van der Waals surface area contributed by atoms with Crippen LogP contribution in [0.15, 0.2) is 48.5 Å². The summed E-state index contributed by atoms with van der Waals surface area (Å²) in [6.07, 6.45) is 0.932. The summed E-state index contributed by atoms with van der Waals surface area (Å²) in [6.45, 7) is 1.97. The maximum atomic E-state index is 13.1. The van der Waals surface area contributed by atoms with E-state index < -0.39 is 0 Å². The molecule has 2 rings (SSSR count). The van der Waals surface area contributed by atoms with Crippen molar-refractivity contribution >= 4 is 15.9 Å². The van der Waals surface area contributed by atoms with E-state index in [1.54, 1.807) is 12.1 Å². The van der Waals surface area contributed by atoms with E-state index in [2.05, 4.69) is 40.2 Å². The molecule has 1 atom stereocenters. The summed E-state index contributed by atoms with van der Waals surface area (Å²) in [5, 5.41) is 0.911. The molecule has 2 aromatic rings. The summed E-state index contributed by atoms with van der Waals surface area (Å²) in [5.74, 6) is 0.265. The second kappa shape index (κ2) is 6.14. The van der Waals surface area contributed by atoms with Crippen LogP contribution in [0.1, 0.15) is 22.6 Å². The van der Waals surface area contributed by atoms with E-state index in [1.807, 2.05) is 19.1 Å². The molecule has 0 saturated heterocycles. The Balaban J connectivity index is 2.21. The quantitative estimate of drug-likeness (QED) is 0.708. The van der Waals surface area contributed by atoms with E-state index in [0.29, 0.717) is 5.92 Å². The van der Waals surface area contributed by atoms with Crippen molar-refractivity contribution in [1.29, 1.82) is 0 Å². The second-order valence-electron chi connectivity index (χ2n) is 4.54. The molecule has 2 aromatic carbocycles. The molecular formula is C16H16BrF. The standard InChI is InChI=1S/C16H16BrF/c1-12-9-16(18)8-7-14(12)10-15(11-17)13-5-3-2-4-6-13/h2-9,15H,10-11H2,1H3. The first-order valence-electron chi connectivity index (χ1n) is 6.06. The Morgan fingerprint density at radius 2 is 1.83 bits per heavy atom. The van der Waals surface area contributed by atoms with Gasteiger partial charge in [0.2, 0.25) is 0 Å². The van der Waals surface area contributed by atoms with E-state index in [4.69, 9.17) is 0 Å². The maximum Gasteiger partial charge on any atom is 0.123 e. The van der Waals surface area contributed by atoms with Gasteiger partial charge in [-0.15, -0.1) is 0 Å². The second-order valence-corrected chi connectivity index (χ2v) is 5.18. The Morgan fingerprint density at radius 1 is 1.11 bits per heavy atom. The van der Waals surface area contributed by atoms with Crippen molar-refractivity contribution in [3.05, 3.63) is 71.0 Å². The number of aryl methyl sites for hydroxylation is 1.